The Morgan fingerprint density at radius 2 is 1.31 bits per heavy atom. The van der Waals surface area contributed by atoms with E-state index in [9.17, 15) is 18.4 Å². The normalized spacial score (nSPS) is 10.6. The number of benzene rings is 4. The molecule has 4 rings (SSSR count). The number of likely N-dealkylation sites (N-methyl/N-ethyl adjacent to an activating group) is 1. The fourth-order valence-electron chi connectivity index (χ4n) is 3.94. The third-order valence-corrected chi connectivity index (χ3v) is 5.86. The topological polar surface area (TPSA) is 40.6 Å². The number of hydrogen-bond donors (Lipinski definition) is 0. The molecule has 0 aromatic heterocycles. The van der Waals surface area contributed by atoms with Crippen molar-refractivity contribution in [3.05, 3.63) is 137 Å². The summed E-state index contributed by atoms with van der Waals surface area (Å²) in [5.74, 6) is -2.34. The third kappa shape index (κ3) is 6.21. The fourth-order valence-corrected chi connectivity index (χ4v) is 3.94. The first-order valence-corrected chi connectivity index (χ1v) is 11.6. The number of halogens is 2. The molecule has 0 spiro atoms. The van der Waals surface area contributed by atoms with E-state index in [4.69, 9.17) is 0 Å². The van der Waals surface area contributed by atoms with Crippen molar-refractivity contribution in [3.63, 3.8) is 0 Å². The van der Waals surface area contributed by atoms with E-state index in [0.717, 1.165) is 28.8 Å². The molecular formula is C30H26F2N2O2. The number of hydrogen-bond acceptors (Lipinski definition) is 2. The van der Waals surface area contributed by atoms with Crippen LogP contribution >= 0.6 is 0 Å². The Kier molecular flexibility index (Phi) is 7.85. The maximum atomic E-state index is 14.5. The summed E-state index contributed by atoms with van der Waals surface area (Å²) in [6.07, 6.45) is 0.148. The molecule has 0 saturated carbocycles. The average molecular weight is 485 g/mol. The summed E-state index contributed by atoms with van der Waals surface area (Å²) in [5.41, 5.74) is 2.89. The molecule has 0 unspecified atom stereocenters. The highest BCUT2D eigenvalue weighted by Crippen LogP contribution is 2.24. The van der Waals surface area contributed by atoms with Gasteiger partial charge in [0.15, 0.2) is 0 Å². The van der Waals surface area contributed by atoms with Gasteiger partial charge in [0.1, 0.15) is 11.6 Å². The lowest BCUT2D eigenvalue weighted by molar-refractivity contribution is -0.129. The zero-order chi connectivity index (χ0) is 25.5. The third-order valence-electron chi connectivity index (χ3n) is 5.86. The molecule has 0 radical (unpaired) electrons. The number of rotatable bonds is 8. The second-order valence-electron chi connectivity index (χ2n) is 8.58. The highest BCUT2D eigenvalue weighted by molar-refractivity contribution is 6.06. The first-order chi connectivity index (χ1) is 17.4. The van der Waals surface area contributed by atoms with Gasteiger partial charge in [-0.1, -0.05) is 72.8 Å². The van der Waals surface area contributed by atoms with Crippen molar-refractivity contribution in [3.8, 4) is 0 Å². The van der Waals surface area contributed by atoms with Crippen molar-refractivity contribution in [2.75, 3.05) is 11.9 Å². The van der Waals surface area contributed by atoms with Crippen LogP contribution in [0.1, 0.15) is 27.0 Å². The van der Waals surface area contributed by atoms with Crippen LogP contribution in [0, 0.1) is 11.6 Å². The van der Waals surface area contributed by atoms with Crippen molar-refractivity contribution in [1.82, 2.24) is 4.90 Å². The Morgan fingerprint density at radius 1 is 0.694 bits per heavy atom. The molecule has 4 aromatic carbocycles. The quantitative estimate of drug-likeness (QED) is 0.307. The summed E-state index contributed by atoms with van der Waals surface area (Å²) in [5, 5.41) is 0. The molecule has 0 aliphatic carbocycles. The van der Waals surface area contributed by atoms with E-state index in [1.807, 2.05) is 66.7 Å². The molecule has 0 aliphatic rings. The number of anilines is 1. The van der Waals surface area contributed by atoms with Crippen LogP contribution in [-0.2, 0) is 24.3 Å². The first kappa shape index (κ1) is 24.8. The lowest BCUT2D eigenvalue weighted by Gasteiger charge is -2.24. The summed E-state index contributed by atoms with van der Waals surface area (Å²) in [6.45, 7) is 0.670. The molecule has 0 saturated heterocycles. The van der Waals surface area contributed by atoms with E-state index in [1.54, 1.807) is 30.1 Å². The minimum atomic E-state index is -0.924. The van der Waals surface area contributed by atoms with Crippen molar-refractivity contribution >= 4 is 17.5 Å². The molecule has 0 bridgehead atoms. The summed E-state index contributed by atoms with van der Waals surface area (Å²) in [6, 6.07) is 29.0. The van der Waals surface area contributed by atoms with E-state index >= 15 is 0 Å². The van der Waals surface area contributed by atoms with Crippen LogP contribution in [0.4, 0.5) is 14.5 Å². The first-order valence-electron chi connectivity index (χ1n) is 11.6. The molecular weight excluding hydrogens is 458 g/mol. The van der Waals surface area contributed by atoms with E-state index in [1.165, 1.54) is 4.90 Å². The summed E-state index contributed by atoms with van der Waals surface area (Å²) in [4.78, 5) is 29.4. The molecule has 0 heterocycles. The van der Waals surface area contributed by atoms with Gasteiger partial charge in [-0.05, 0) is 41.0 Å². The number of amides is 2. The predicted molar refractivity (Wildman–Crippen MR) is 136 cm³/mol. The van der Waals surface area contributed by atoms with Gasteiger partial charge in [0.2, 0.25) is 5.91 Å². The lowest BCUT2D eigenvalue weighted by atomic mass is 10.1. The molecule has 2 amide bonds. The van der Waals surface area contributed by atoms with E-state index in [0.29, 0.717) is 18.3 Å². The zero-order valence-corrected chi connectivity index (χ0v) is 19.9. The molecule has 0 aliphatic heterocycles. The minimum Gasteiger partial charge on any atom is -0.341 e. The average Bonchev–Trinajstić information content (AvgIpc) is 2.88. The molecule has 182 valence electrons. The maximum absolute atomic E-state index is 14.5. The van der Waals surface area contributed by atoms with Gasteiger partial charge in [-0.2, -0.15) is 0 Å². The number of carbonyl (C=O) groups is 2. The largest absolute Gasteiger partial charge is 0.341 e. The zero-order valence-electron chi connectivity index (χ0n) is 19.9. The van der Waals surface area contributed by atoms with Gasteiger partial charge in [0.25, 0.3) is 5.91 Å². The molecule has 0 fully saturated rings. The van der Waals surface area contributed by atoms with Gasteiger partial charge >= 0.3 is 0 Å². The van der Waals surface area contributed by atoms with Gasteiger partial charge in [-0.15, -0.1) is 0 Å². The highest BCUT2D eigenvalue weighted by Gasteiger charge is 2.22. The van der Waals surface area contributed by atoms with Crippen molar-refractivity contribution in [1.29, 1.82) is 0 Å². The van der Waals surface area contributed by atoms with Crippen LogP contribution in [0.3, 0.4) is 0 Å². The van der Waals surface area contributed by atoms with Gasteiger partial charge in [-0.3, -0.25) is 9.59 Å². The van der Waals surface area contributed by atoms with Crippen molar-refractivity contribution in [2.24, 2.45) is 0 Å². The number of nitrogens with zero attached hydrogens (tertiary/aromatic N) is 2. The van der Waals surface area contributed by atoms with E-state index < -0.39 is 17.5 Å². The lowest BCUT2D eigenvalue weighted by Crippen LogP contribution is -2.31. The van der Waals surface area contributed by atoms with Crippen LogP contribution in [0.2, 0.25) is 0 Å². The molecule has 36 heavy (non-hydrogen) atoms. The molecule has 0 N–H and O–H groups in total. The molecule has 4 nitrogen and oxygen atoms in total. The smallest absolute Gasteiger partial charge is 0.261 e. The fraction of sp³-hybridized carbons (Fsp3) is 0.133. The molecule has 0 atom stereocenters. The summed E-state index contributed by atoms with van der Waals surface area (Å²) >= 11 is 0. The Labute approximate surface area is 209 Å². The van der Waals surface area contributed by atoms with Crippen LogP contribution in [0.15, 0.2) is 103 Å². The van der Waals surface area contributed by atoms with Gasteiger partial charge in [0.05, 0.1) is 18.5 Å². The molecule has 4 aromatic rings. The SMILES string of the molecule is CN(Cc1ccccc1)C(=O)Cc1cccc(N(Cc2ccccc2)C(=O)c2ccc(F)cc2F)c1. The van der Waals surface area contributed by atoms with Crippen LogP contribution < -0.4 is 4.90 Å². The minimum absolute atomic E-state index is 0.0680. The second-order valence-corrected chi connectivity index (χ2v) is 8.58. The monoisotopic (exact) mass is 484 g/mol. The van der Waals surface area contributed by atoms with Crippen molar-refractivity contribution < 1.29 is 18.4 Å². The van der Waals surface area contributed by atoms with E-state index in [2.05, 4.69) is 0 Å². The van der Waals surface area contributed by atoms with Crippen LogP contribution in [-0.4, -0.2) is 23.8 Å². The van der Waals surface area contributed by atoms with E-state index in [-0.39, 0.29) is 24.4 Å². The summed E-state index contributed by atoms with van der Waals surface area (Å²) < 4.78 is 28.0. The second kappa shape index (κ2) is 11.4. The van der Waals surface area contributed by atoms with Crippen LogP contribution in [0.25, 0.3) is 0 Å². The predicted octanol–water partition coefficient (Wildman–Crippen LogP) is 6.01. The summed E-state index contributed by atoms with van der Waals surface area (Å²) in [7, 11) is 1.75. The highest BCUT2D eigenvalue weighted by atomic mass is 19.1. The Balaban J connectivity index is 1.59. The maximum Gasteiger partial charge on any atom is 0.261 e. The van der Waals surface area contributed by atoms with Gasteiger partial charge in [-0.25, -0.2) is 8.78 Å². The standard InChI is InChI=1S/C30H26F2N2O2/c1-33(20-22-9-4-2-5-10-22)29(35)18-24-13-8-14-26(17-24)34(21-23-11-6-3-7-12-23)30(36)27-16-15-25(31)19-28(27)32/h2-17,19H,18,20-21H2,1H3. The Bertz CT molecular complexity index is 1340. The Morgan fingerprint density at radius 3 is 1.94 bits per heavy atom. The van der Waals surface area contributed by atoms with Gasteiger partial charge < -0.3 is 9.80 Å². The van der Waals surface area contributed by atoms with Crippen LogP contribution in [0.5, 0.6) is 0 Å². The molecule has 6 heteroatoms. The van der Waals surface area contributed by atoms with Gasteiger partial charge in [0, 0.05) is 25.3 Å². The van der Waals surface area contributed by atoms with Crippen molar-refractivity contribution in [2.45, 2.75) is 19.5 Å². The Hall–Kier alpha value is -4.32. The number of carbonyl (C=O) groups excluding carboxylic acids is 2.